The lowest BCUT2D eigenvalue weighted by Crippen LogP contribution is -2.12. The Kier molecular flexibility index (Phi) is 5.45. The van der Waals surface area contributed by atoms with Crippen LogP contribution in [0.2, 0.25) is 0 Å². The number of benzene rings is 1. The predicted octanol–water partition coefficient (Wildman–Crippen LogP) is 3.94. The molecular formula is C18H19N5OS. The lowest BCUT2D eigenvalue weighted by molar-refractivity contribution is -0.112. The van der Waals surface area contributed by atoms with E-state index in [1.165, 1.54) is 6.33 Å². The number of rotatable bonds is 6. The second kappa shape index (κ2) is 7.94. The van der Waals surface area contributed by atoms with E-state index in [1.807, 2.05) is 44.2 Å². The van der Waals surface area contributed by atoms with Crippen LogP contribution in [-0.4, -0.2) is 26.1 Å². The first kappa shape index (κ1) is 17.2. The molecular weight excluding hydrogens is 334 g/mol. The first-order valence-electron chi connectivity index (χ1n) is 8.01. The average Bonchev–Trinajstić information content (AvgIpc) is 3.10. The second-order valence-electron chi connectivity index (χ2n) is 5.55. The summed E-state index contributed by atoms with van der Waals surface area (Å²) in [5, 5.41) is 11.6. The van der Waals surface area contributed by atoms with Gasteiger partial charge in [0.25, 0.3) is 5.91 Å². The van der Waals surface area contributed by atoms with Crippen molar-refractivity contribution >= 4 is 34.4 Å². The molecule has 1 amide bonds. The van der Waals surface area contributed by atoms with E-state index in [4.69, 9.17) is 0 Å². The molecule has 0 aliphatic rings. The first-order valence-corrected chi connectivity index (χ1v) is 9.00. The van der Waals surface area contributed by atoms with Gasteiger partial charge in [-0.15, -0.1) is 11.8 Å². The van der Waals surface area contributed by atoms with Crippen LogP contribution in [0.15, 0.2) is 53.5 Å². The molecule has 6 nitrogen and oxygen atoms in total. The van der Waals surface area contributed by atoms with Crippen LogP contribution in [0.4, 0.5) is 5.69 Å². The Morgan fingerprint density at radius 3 is 3.08 bits per heavy atom. The highest BCUT2D eigenvalue weighted by molar-refractivity contribution is 7.98. The number of amides is 1. The molecule has 0 aliphatic heterocycles. The molecule has 0 radical (unpaired) electrons. The highest BCUT2D eigenvalue weighted by atomic mass is 32.2. The van der Waals surface area contributed by atoms with Gasteiger partial charge in [-0.3, -0.25) is 9.89 Å². The molecule has 1 aromatic carbocycles. The zero-order chi connectivity index (χ0) is 17.6. The Morgan fingerprint density at radius 2 is 2.24 bits per heavy atom. The van der Waals surface area contributed by atoms with Crippen LogP contribution < -0.4 is 5.32 Å². The number of H-pyrrole nitrogens is 1. The number of nitrogens with one attached hydrogen (secondary N) is 2. The van der Waals surface area contributed by atoms with Crippen LogP contribution >= 0.6 is 11.8 Å². The van der Waals surface area contributed by atoms with Crippen molar-refractivity contribution in [2.75, 3.05) is 5.32 Å². The smallest absolute Gasteiger partial charge is 0.250 e. The van der Waals surface area contributed by atoms with Crippen molar-refractivity contribution in [2.45, 2.75) is 31.0 Å². The molecule has 0 saturated heterocycles. The average molecular weight is 353 g/mol. The van der Waals surface area contributed by atoms with Crippen molar-refractivity contribution in [2.24, 2.45) is 0 Å². The fourth-order valence-corrected chi connectivity index (χ4v) is 3.29. The minimum Gasteiger partial charge on any atom is -0.322 e. The summed E-state index contributed by atoms with van der Waals surface area (Å²) < 4.78 is 0. The number of thioether (sulfide) groups is 1. The Hall–Kier alpha value is -2.67. The lowest BCUT2D eigenvalue weighted by Gasteiger charge is -2.08. The zero-order valence-electron chi connectivity index (χ0n) is 14.1. The van der Waals surface area contributed by atoms with Crippen molar-refractivity contribution in [1.29, 1.82) is 0 Å². The summed E-state index contributed by atoms with van der Waals surface area (Å²) in [4.78, 5) is 20.6. The van der Waals surface area contributed by atoms with E-state index >= 15 is 0 Å². The predicted molar refractivity (Wildman–Crippen MR) is 100 cm³/mol. The summed E-state index contributed by atoms with van der Waals surface area (Å²) in [6, 6.07) is 7.85. The third kappa shape index (κ3) is 4.24. The maximum atomic E-state index is 12.1. The minimum atomic E-state index is -0.0671. The highest BCUT2D eigenvalue weighted by Crippen LogP contribution is 2.27. The summed E-state index contributed by atoms with van der Waals surface area (Å²) in [7, 11) is 0. The third-order valence-corrected chi connectivity index (χ3v) is 4.72. The SMILES string of the molecule is CC/C=C(\C)C(=O)Nc1cccc(CSc2ncnc3[nH]ncc23)c1. The Balaban J connectivity index is 1.69. The van der Waals surface area contributed by atoms with Crippen molar-refractivity contribution in [1.82, 2.24) is 20.2 Å². The van der Waals surface area contributed by atoms with E-state index in [-0.39, 0.29) is 5.91 Å². The first-order chi connectivity index (χ1) is 12.2. The van der Waals surface area contributed by atoms with Crippen LogP contribution in [0.3, 0.4) is 0 Å². The van der Waals surface area contributed by atoms with Gasteiger partial charge < -0.3 is 5.32 Å². The van der Waals surface area contributed by atoms with Crippen LogP contribution in [-0.2, 0) is 10.5 Å². The van der Waals surface area contributed by atoms with Crippen LogP contribution in [0.5, 0.6) is 0 Å². The molecule has 0 spiro atoms. The number of carbonyl (C=O) groups is 1. The molecule has 0 fully saturated rings. The molecule has 3 aromatic rings. The number of nitrogens with zero attached hydrogens (tertiary/aromatic N) is 3. The fourth-order valence-electron chi connectivity index (χ4n) is 2.38. The van der Waals surface area contributed by atoms with Crippen molar-refractivity contribution in [3.05, 3.63) is 54.0 Å². The Morgan fingerprint density at radius 1 is 1.36 bits per heavy atom. The van der Waals surface area contributed by atoms with Gasteiger partial charge >= 0.3 is 0 Å². The molecule has 3 rings (SSSR count). The number of aromatic nitrogens is 4. The molecule has 0 unspecified atom stereocenters. The quantitative estimate of drug-likeness (QED) is 0.398. The van der Waals surface area contributed by atoms with Crippen molar-refractivity contribution in [3.8, 4) is 0 Å². The van der Waals surface area contributed by atoms with Gasteiger partial charge in [0, 0.05) is 17.0 Å². The number of carbonyl (C=O) groups excluding carboxylic acids is 1. The van der Waals surface area contributed by atoms with Gasteiger partial charge in [-0.1, -0.05) is 25.1 Å². The Labute approximate surface area is 150 Å². The number of fused-ring (bicyclic) bond motifs is 1. The van der Waals surface area contributed by atoms with Gasteiger partial charge in [-0.05, 0) is 31.0 Å². The largest absolute Gasteiger partial charge is 0.322 e. The lowest BCUT2D eigenvalue weighted by atomic mass is 10.2. The highest BCUT2D eigenvalue weighted by Gasteiger charge is 2.08. The summed E-state index contributed by atoms with van der Waals surface area (Å²) in [6.07, 6.45) is 6.02. The van der Waals surface area contributed by atoms with Gasteiger partial charge in [0.2, 0.25) is 0 Å². The summed E-state index contributed by atoms with van der Waals surface area (Å²) in [5.41, 5.74) is 3.36. The molecule has 128 valence electrons. The number of allylic oxidation sites excluding steroid dienone is 1. The second-order valence-corrected chi connectivity index (χ2v) is 6.51. The third-order valence-electron chi connectivity index (χ3n) is 3.64. The van der Waals surface area contributed by atoms with E-state index in [1.54, 1.807) is 18.0 Å². The Bertz CT molecular complexity index is 918. The molecule has 2 heterocycles. The van der Waals surface area contributed by atoms with Gasteiger partial charge in [0.15, 0.2) is 5.65 Å². The molecule has 7 heteroatoms. The van der Waals surface area contributed by atoms with E-state index in [0.717, 1.165) is 45.1 Å². The number of hydrogen-bond donors (Lipinski definition) is 2. The summed E-state index contributed by atoms with van der Waals surface area (Å²) >= 11 is 1.61. The molecule has 0 atom stereocenters. The monoisotopic (exact) mass is 353 g/mol. The maximum Gasteiger partial charge on any atom is 0.250 e. The van der Waals surface area contributed by atoms with Crippen LogP contribution in [0.25, 0.3) is 11.0 Å². The normalized spacial score (nSPS) is 11.7. The summed E-state index contributed by atoms with van der Waals surface area (Å²) in [5.74, 6) is 0.674. The fraction of sp³-hybridized carbons (Fsp3) is 0.222. The standard InChI is InChI=1S/C18H19N5OS/c1-3-5-12(2)17(24)22-14-7-4-6-13(8-14)10-25-18-15-9-21-23-16(15)19-11-20-18/h4-9,11H,3,10H2,1-2H3,(H,22,24)(H,19,20,21,23)/b12-5+. The number of aromatic amines is 1. The van der Waals surface area contributed by atoms with E-state index in [0.29, 0.717) is 0 Å². The molecule has 2 N–H and O–H groups in total. The minimum absolute atomic E-state index is 0.0671. The van der Waals surface area contributed by atoms with Crippen molar-refractivity contribution < 1.29 is 4.79 Å². The van der Waals surface area contributed by atoms with E-state index in [9.17, 15) is 4.79 Å². The number of hydrogen-bond acceptors (Lipinski definition) is 5. The van der Waals surface area contributed by atoms with Crippen molar-refractivity contribution in [3.63, 3.8) is 0 Å². The van der Waals surface area contributed by atoms with E-state index < -0.39 is 0 Å². The molecule has 0 saturated carbocycles. The molecule has 0 bridgehead atoms. The van der Waals surface area contributed by atoms with Gasteiger partial charge in [0.1, 0.15) is 11.4 Å². The van der Waals surface area contributed by atoms with E-state index in [2.05, 4.69) is 25.5 Å². The van der Waals surface area contributed by atoms with Gasteiger partial charge in [-0.2, -0.15) is 5.10 Å². The van der Waals surface area contributed by atoms with Gasteiger partial charge in [0.05, 0.1) is 11.6 Å². The maximum absolute atomic E-state index is 12.1. The van der Waals surface area contributed by atoms with Crippen LogP contribution in [0.1, 0.15) is 25.8 Å². The molecule has 2 aromatic heterocycles. The molecule has 0 aliphatic carbocycles. The van der Waals surface area contributed by atoms with Gasteiger partial charge in [-0.25, -0.2) is 9.97 Å². The topological polar surface area (TPSA) is 83.6 Å². The molecule has 25 heavy (non-hydrogen) atoms. The van der Waals surface area contributed by atoms with Crippen LogP contribution in [0, 0.1) is 0 Å². The number of anilines is 1. The summed E-state index contributed by atoms with van der Waals surface area (Å²) in [6.45, 7) is 3.84. The zero-order valence-corrected chi connectivity index (χ0v) is 14.9.